The van der Waals surface area contributed by atoms with E-state index in [-0.39, 0.29) is 23.0 Å². The van der Waals surface area contributed by atoms with E-state index in [1.54, 1.807) is 6.07 Å². The van der Waals surface area contributed by atoms with Crippen LogP contribution >= 0.6 is 15.9 Å². The Morgan fingerprint density at radius 3 is 2.61 bits per heavy atom. The van der Waals surface area contributed by atoms with E-state index in [2.05, 4.69) is 31.2 Å². The van der Waals surface area contributed by atoms with Gasteiger partial charge in [-0.05, 0) is 55.2 Å². The van der Waals surface area contributed by atoms with Crippen LogP contribution in [0.4, 0.5) is 14.6 Å². The molecule has 8 nitrogen and oxygen atoms in total. The number of carbonyl (C=O) groups excluding carboxylic acids is 1. The summed E-state index contributed by atoms with van der Waals surface area (Å²) in [6.07, 6.45) is 1.22. The van der Waals surface area contributed by atoms with Gasteiger partial charge in [-0.3, -0.25) is 4.79 Å². The van der Waals surface area contributed by atoms with E-state index < -0.39 is 42.4 Å². The zero-order valence-electron chi connectivity index (χ0n) is 19.0. The third kappa shape index (κ3) is 5.70. The number of nitrogen functional groups attached to an aromatic ring is 1. The molecular formula is C25H25BrF2N4O4. The van der Waals surface area contributed by atoms with E-state index in [0.29, 0.717) is 40.6 Å². The number of aliphatic hydroxyl groups is 3. The van der Waals surface area contributed by atoms with E-state index >= 15 is 4.39 Å². The lowest BCUT2D eigenvalue weighted by Crippen LogP contribution is -2.33. The topological polar surface area (TPSA) is 142 Å². The molecule has 36 heavy (non-hydrogen) atoms. The molecule has 1 aliphatic rings. The average Bonchev–Trinajstić information content (AvgIpc) is 2.83. The summed E-state index contributed by atoms with van der Waals surface area (Å²) in [4.78, 5) is 21.5. The normalized spacial score (nSPS) is 20.7. The first-order chi connectivity index (χ1) is 17.2. The number of nitrogens with zero attached hydrogens (tertiary/aromatic N) is 2. The Hall–Kier alpha value is -2.99. The van der Waals surface area contributed by atoms with Crippen LogP contribution in [0.2, 0.25) is 0 Å². The lowest BCUT2D eigenvalue weighted by molar-refractivity contribution is -0.0153. The number of nitrogens with one attached hydrogen (secondary N) is 1. The Bertz CT molecular complexity index is 1260. The average molecular weight is 563 g/mol. The number of rotatable bonds is 6. The number of aliphatic hydroxyl groups excluding tert-OH is 3. The molecule has 3 aromatic rings. The van der Waals surface area contributed by atoms with Crippen LogP contribution in [-0.2, 0) is 0 Å². The molecule has 0 spiro atoms. The molecule has 11 heteroatoms. The number of amides is 1. The largest absolute Gasteiger partial charge is 0.394 e. The van der Waals surface area contributed by atoms with Crippen molar-refractivity contribution in [1.29, 1.82) is 0 Å². The number of anilines is 1. The minimum atomic E-state index is -0.953. The zero-order chi connectivity index (χ0) is 26.0. The smallest absolute Gasteiger partial charge is 0.254 e. The first kappa shape index (κ1) is 26.1. The second-order valence-electron chi connectivity index (χ2n) is 8.78. The molecule has 4 rings (SSSR count). The minimum absolute atomic E-state index is 0.0729. The van der Waals surface area contributed by atoms with Crippen LogP contribution in [0.5, 0.6) is 0 Å². The molecule has 2 aromatic carbocycles. The fraction of sp³-hybridized carbons (Fsp3) is 0.320. The molecule has 4 atom stereocenters. The number of halogens is 3. The molecule has 6 N–H and O–H groups in total. The van der Waals surface area contributed by atoms with E-state index in [0.717, 1.165) is 6.07 Å². The Morgan fingerprint density at radius 2 is 1.94 bits per heavy atom. The summed E-state index contributed by atoms with van der Waals surface area (Å²) in [5.74, 6) is -2.25. The summed E-state index contributed by atoms with van der Waals surface area (Å²) < 4.78 is 29.2. The highest BCUT2D eigenvalue weighted by Gasteiger charge is 2.30. The van der Waals surface area contributed by atoms with Gasteiger partial charge in [-0.25, -0.2) is 18.7 Å². The van der Waals surface area contributed by atoms with Crippen LogP contribution in [0.25, 0.3) is 11.3 Å². The van der Waals surface area contributed by atoms with Crippen molar-refractivity contribution in [2.75, 3.05) is 12.3 Å². The zero-order valence-corrected chi connectivity index (χ0v) is 20.6. The van der Waals surface area contributed by atoms with Crippen molar-refractivity contribution < 1.29 is 28.9 Å². The molecule has 1 saturated carbocycles. The van der Waals surface area contributed by atoms with Crippen LogP contribution in [-0.4, -0.2) is 50.0 Å². The molecule has 190 valence electrons. The fourth-order valence-corrected chi connectivity index (χ4v) is 4.80. The summed E-state index contributed by atoms with van der Waals surface area (Å²) in [7, 11) is 0. The van der Waals surface area contributed by atoms with E-state index in [4.69, 9.17) is 5.73 Å². The van der Waals surface area contributed by atoms with Crippen molar-refractivity contribution in [2.24, 2.45) is 0 Å². The molecule has 0 bridgehead atoms. The van der Waals surface area contributed by atoms with Gasteiger partial charge in [0.25, 0.3) is 5.91 Å². The summed E-state index contributed by atoms with van der Waals surface area (Å²) in [6, 6.07) is 6.87. The van der Waals surface area contributed by atoms with Gasteiger partial charge in [0.2, 0.25) is 0 Å². The minimum Gasteiger partial charge on any atom is -0.394 e. The predicted octanol–water partition coefficient (Wildman–Crippen LogP) is 3.22. The number of nitrogens with two attached hydrogens (primary N) is 1. The molecule has 0 saturated heterocycles. The van der Waals surface area contributed by atoms with Crippen LogP contribution in [0.15, 0.2) is 47.1 Å². The highest BCUT2D eigenvalue weighted by Crippen LogP contribution is 2.34. The van der Waals surface area contributed by atoms with Gasteiger partial charge in [0.05, 0.1) is 42.3 Å². The maximum Gasteiger partial charge on any atom is 0.254 e. The van der Waals surface area contributed by atoms with Crippen LogP contribution in [0.1, 0.15) is 52.8 Å². The van der Waals surface area contributed by atoms with Gasteiger partial charge in [-0.2, -0.15) is 0 Å². The Morgan fingerprint density at radius 1 is 1.17 bits per heavy atom. The van der Waals surface area contributed by atoms with Gasteiger partial charge >= 0.3 is 0 Å². The molecular weight excluding hydrogens is 538 g/mol. The molecule has 0 radical (unpaired) electrons. The van der Waals surface area contributed by atoms with E-state index in [1.807, 2.05) is 0 Å². The molecule has 0 aliphatic heterocycles. The molecule has 1 amide bonds. The summed E-state index contributed by atoms with van der Waals surface area (Å²) in [6.45, 7) is -0.521. The Labute approximate surface area is 214 Å². The molecule has 0 unspecified atom stereocenters. The Balaban J connectivity index is 1.56. The van der Waals surface area contributed by atoms with Crippen molar-refractivity contribution in [2.45, 2.75) is 43.4 Å². The maximum atomic E-state index is 15.0. The van der Waals surface area contributed by atoms with Gasteiger partial charge in [0.15, 0.2) is 0 Å². The summed E-state index contributed by atoms with van der Waals surface area (Å²) in [5.41, 5.74) is 7.14. The quantitative estimate of drug-likeness (QED) is 0.310. The van der Waals surface area contributed by atoms with E-state index in [1.165, 1.54) is 30.5 Å². The van der Waals surface area contributed by atoms with Crippen molar-refractivity contribution in [3.63, 3.8) is 0 Å². The predicted molar refractivity (Wildman–Crippen MR) is 132 cm³/mol. The lowest BCUT2D eigenvalue weighted by atomic mass is 9.83. The molecule has 1 heterocycles. The standard InChI is InChI=1S/C25H25BrF2N4O4/c26-15-5-14(6-16(27)9-15)20(11-33)32-25(36)17-3-1-13(7-18(17)28)23-24(29)30-10-19(31-23)12-2-4-21(34)22(35)8-12/h1,3,5-7,9-10,12,20-22,33-35H,2,4,8,11H2,(H2,29,30)(H,32,36)/t12-,20-,21+,22-/m1/s1. The number of aromatic nitrogens is 2. The number of hydrogen-bond donors (Lipinski definition) is 5. The fourth-order valence-electron chi connectivity index (χ4n) is 4.31. The first-order valence-electron chi connectivity index (χ1n) is 11.3. The van der Waals surface area contributed by atoms with Crippen LogP contribution < -0.4 is 11.1 Å². The second-order valence-corrected chi connectivity index (χ2v) is 9.70. The van der Waals surface area contributed by atoms with Crippen LogP contribution in [0.3, 0.4) is 0 Å². The summed E-state index contributed by atoms with van der Waals surface area (Å²) >= 11 is 3.17. The van der Waals surface area contributed by atoms with Gasteiger partial charge in [0.1, 0.15) is 23.1 Å². The molecule has 1 fully saturated rings. The van der Waals surface area contributed by atoms with Gasteiger partial charge in [0, 0.05) is 16.0 Å². The van der Waals surface area contributed by atoms with Crippen molar-refractivity contribution in [3.8, 4) is 11.3 Å². The number of benzene rings is 2. The van der Waals surface area contributed by atoms with Crippen molar-refractivity contribution >= 4 is 27.7 Å². The van der Waals surface area contributed by atoms with Gasteiger partial charge < -0.3 is 26.4 Å². The third-order valence-corrected chi connectivity index (χ3v) is 6.74. The number of hydrogen-bond acceptors (Lipinski definition) is 7. The SMILES string of the molecule is Nc1ncc([C@@H]2CC[C@H](O)[C@H](O)C2)nc1-c1ccc(C(=O)N[C@H](CO)c2cc(F)cc(Br)c2)c(F)c1. The third-order valence-electron chi connectivity index (χ3n) is 6.28. The Kier molecular flexibility index (Phi) is 7.94. The molecule has 1 aromatic heterocycles. The highest BCUT2D eigenvalue weighted by molar-refractivity contribution is 9.10. The van der Waals surface area contributed by atoms with Crippen LogP contribution in [0, 0.1) is 11.6 Å². The first-order valence-corrected chi connectivity index (χ1v) is 12.1. The van der Waals surface area contributed by atoms with Gasteiger partial charge in [-0.1, -0.05) is 22.0 Å². The highest BCUT2D eigenvalue weighted by atomic mass is 79.9. The van der Waals surface area contributed by atoms with Crippen molar-refractivity contribution in [3.05, 3.63) is 75.5 Å². The lowest BCUT2D eigenvalue weighted by Gasteiger charge is -2.29. The maximum absolute atomic E-state index is 15.0. The second kappa shape index (κ2) is 11.0. The number of carbonyl (C=O) groups is 1. The monoisotopic (exact) mass is 562 g/mol. The van der Waals surface area contributed by atoms with Crippen molar-refractivity contribution in [1.82, 2.24) is 15.3 Å². The van der Waals surface area contributed by atoms with E-state index in [9.17, 15) is 24.5 Å². The summed E-state index contributed by atoms with van der Waals surface area (Å²) in [5, 5.41) is 32.0. The van der Waals surface area contributed by atoms with Gasteiger partial charge in [-0.15, -0.1) is 0 Å². The molecule has 1 aliphatic carbocycles.